The Balaban J connectivity index is 1.47. The highest BCUT2D eigenvalue weighted by Gasteiger charge is 2.51. The average Bonchev–Trinajstić information content (AvgIpc) is 3.29. The second-order valence-electron chi connectivity index (χ2n) is 10.0. The summed E-state index contributed by atoms with van der Waals surface area (Å²) in [5.74, 6) is -0.977. The minimum absolute atomic E-state index is 0.0224. The minimum atomic E-state index is -0.472. The minimum Gasteiger partial charge on any atom is -0.377 e. The number of carbonyl (C=O) groups is 1. The number of nitro benzene ring substituents is 1. The number of nitrogens with zero attached hydrogens (tertiary/aromatic N) is 1. The van der Waals surface area contributed by atoms with Gasteiger partial charge in [0.2, 0.25) is 0 Å². The standard InChI is InChI=1S/C31H23Cl2FN2O3S/c32-18-14-20-27-21(16-26(28(27)33)40-25-13-7-6-12-24(25)36(38)39)29(19-10-4-5-11-23(19)34)35-30(20)22(15-18)31(37)17-8-2-1-3-9-17/h1-15,21,26-29,35H,16H2/t21-,26+,27-,28+,29-/m1/s1. The van der Waals surface area contributed by atoms with Gasteiger partial charge < -0.3 is 5.32 Å². The lowest BCUT2D eigenvalue weighted by Crippen LogP contribution is -2.33. The van der Waals surface area contributed by atoms with Crippen LogP contribution in [-0.2, 0) is 0 Å². The zero-order valence-corrected chi connectivity index (χ0v) is 23.3. The second kappa shape index (κ2) is 10.9. The number of rotatable bonds is 6. The molecule has 0 unspecified atom stereocenters. The maximum Gasteiger partial charge on any atom is 0.282 e. The Morgan fingerprint density at radius 1 is 0.975 bits per heavy atom. The number of fused-ring (bicyclic) bond motifs is 3. The van der Waals surface area contributed by atoms with Gasteiger partial charge in [0.1, 0.15) is 5.82 Å². The van der Waals surface area contributed by atoms with E-state index in [0.717, 1.165) is 5.56 Å². The monoisotopic (exact) mass is 592 g/mol. The first-order valence-electron chi connectivity index (χ1n) is 12.8. The zero-order chi connectivity index (χ0) is 28.0. The van der Waals surface area contributed by atoms with Crippen molar-refractivity contribution in [1.29, 1.82) is 0 Å². The summed E-state index contributed by atoms with van der Waals surface area (Å²) in [6.07, 6.45) is 0.579. The summed E-state index contributed by atoms with van der Waals surface area (Å²) >= 11 is 15.2. The number of para-hydroxylation sites is 1. The number of hydrogen-bond acceptors (Lipinski definition) is 5. The largest absolute Gasteiger partial charge is 0.377 e. The van der Waals surface area contributed by atoms with Crippen molar-refractivity contribution in [3.8, 4) is 0 Å². The maximum absolute atomic E-state index is 15.2. The molecule has 0 amide bonds. The summed E-state index contributed by atoms with van der Waals surface area (Å²) in [7, 11) is 0. The van der Waals surface area contributed by atoms with Gasteiger partial charge in [-0.05, 0) is 42.2 Å². The first-order valence-corrected chi connectivity index (χ1v) is 14.5. The molecular formula is C31H23Cl2FN2O3S. The third-order valence-corrected chi connectivity index (χ3v) is 10.1. The van der Waals surface area contributed by atoms with Crippen molar-refractivity contribution < 1.29 is 14.1 Å². The van der Waals surface area contributed by atoms with E-state index < -0.39 is 16.3 Å². The third-order valence-electron chi connectivity index (χ3n) is 7.75. The molecule has 0 aromatic heterocycles. The summed E-state index contributed by atoms with van der Waals surface area (Å²) in [4.78, 5) is 25.5. The summed E-state index contributed by atoms with van der Waals surface area (Å²) in [5.41, 5.74) is 2.81. The van der Waals surface area contributed by atoms with E-state index in [-0.39, 0.29) is 34.4 Å². The van der Waals surface area contributed by atoms with Crippen LogP contribution >= 0.6 is 35.0 Å². The van der Waals surface area contributed by atoms with E-state index in [0.29, 0.717) is 38.7 Å². The van der Waals surface area contributed by atoms with Crippen molar-refractivity contribution in [2.75, 3.05) is 5.32 Å². The highest BCUT2D eigenvalue weighted by molar-refractivity contribution is 8.00. The first-order chi connectivity index (χ1) is 19.3. The Morgan fingerprint density at radius 2 is 1.68 bits per heavy atom. The highest BCUT2D eigenvalue weighted by Crippen LogP contribution is 2.59. The molecule has 0 saturated heterocycles. The molecule has 6 rings (SSSR count). The van der Waals surface area contributed by atoms with Crippen molar-refractivity contribution in [2.45, 2.75) is 33.9 Å². The van der Waals surface area contributed by atoms with Crippen LogP contribution in [0.25, 0.3) is 0 Å². The fraction of sp³-hybridized carbons (Fsp3) is 0.194. The van der Waals surface area contributed by atoms with Crippen LogP contribution in [0.5, 0.6) is 0 Å². The van der Waals surface area contributed by atoms with E-state index in [9.17, 15) is 14.9 Å². The molecule has 0 radical (unpaired) electrons. The molecule has 5 nitrogen and oxygen atoms in total. The number of anilines is 1. The number of hydrogen-bond donors (Lipinski definition) is 1. The third kappa shape index (κ3) is 4.76. The van der Waals surface area contributed by atoms with Crippen LogP contribution in [0.2, 0.25) is 5.02 Å². The molecule has 0 spiro atoms. The SMILES string of the molecule is O=C(c1ccccc1)c1cc(Cl)cc2c1N[C@H](c1ccccc1F)[C@@H]1C[C@H](Sc3ccccc3[N+](=O)[O-])[C@H](Cl)[C@H]21. The molecule has 40 heavy (non-hydrogen) atoms. The molecule has 4 aromatic carbocycles. The Labute approximate surface area is 244 Å². The summed E-state index contributed by atoms with van der Waals surface area (Å²) in [6.45, 7) is 0. The van der Waals surface area contributed by atoms with Gasteiger partial charge in [-0.15, -0.1) is 23.4 Å². The lowest BCUT2D eigenvalue weighted by molar-refractivity contribution is -0.387. The van der Waals surface area contributed by atoms with Crippen molar-refractivity contribution in [3.05, 3.63) is 134 Å². The number of alkyl halides is 1. The van der Waals surface area contributed by atoms with E-state index in [1.807, 2.05) is 12.1 Å². The van der Waals surface area contributed by atoms with Gasteiger partial charge in [-0.3, -0.25) is 14.9 Å². The quantitative estimate of drug-likeness (QED) is 0.105. The molecular weight excluding hydrogens is 570 g/mol. The second-order valence-corrected chi connectivity index (χ2v) is 12.2. The molecule has 1 fully saturated rings. The fourth-order valence-corrected chi connectivity index (χ4v) is 8.19. The van der Waals surface area contributed by atoms with E-state index >= 15 is 4.39 Å². The lowest BCUT2D eigenvalue weighted by Gasteiger charge is -2.39. The topological polar surface area (TPSA) is 72.2 Å². The van der Waals surface area contributed by atoms with Gasteiger partial charge in [-0.1, -0.05) is 72.3 Å². The number of halogens is 3. The summed E-state index contributed by atoms with van der Waals surface area (Å²) in [6, 6.07) is 25.1. The Bertz CT molecular complexity index is 1620. The maximum atomic E-state index is 15.2. The predicted octanol–water partition coefficient (Wildman–Crippen LogP) is 8.66. The van der Waals surface area contributed by atoms with Gasteiger partial charge in [0.15, 0.2) is 5.78 Å². The Morgan fingerprint density at radius 3 is 2.42 bits per heavy atom. The van der Waals surface area contributed by atoms with E-state index in [2.05, 4.69) is 5.32 Å². The average molecular weight is 594 g/mol. The molecule has 1 saturated carbocycles. The van der Waals surface area contributed by atoms with Crippen molar-refractivity contribution in [1.82, 2.24) is 0 Å². The number of nitrogens with one attached hydrogen (secondary N) is 1. The number of nitro groups is 1. The smallest absolute Gasteiger partial charge is 0.282 e. The van der Waals surface area contributed by atoms with Crippen LogP contribution in [0.15, 0.2) is 95.9 Å². The molecule has 1 aliphatic heterocycles. The fourth-order valence-electron chi connectivity index (χ4n) is 6.02. The number of carbonyl (C=O) groups excluding carboxylic acids is 1. The molecule has 5 atom stereocenters. The summed E-state index contributed by atoms with van der Waals surface area (Å²) < 4.78 is 15.2. The zero-order valence-electron chi connectivity index (χ0n) is 21.0. The van der Waals surface area contributed by atoms with E-state index in [1.165, 1.54) is 23.9 Å². The molecule has 1 heterocycles. The van der Waals surface area contributed by atoms with Crippen LogP contribution in [0.1, 0.15) is 45.4 Å². The molecule has 202 valence electrons. The van der Waals surface area contributed by atoms with Gasteiger partial charge in [-0.2, -0.15) is 0 Å². The molecule has 0 bridgehead atoms. The normalized spacial score (nSPS) is 23.1. The van der Waals surface area contributed by atoms with Crippen LogP contribution in [-0.4, -0.2) is 21.3 Å². The van der Waals surface area contributed by atoms with E-state index in [4.69, 9.17) is 23.2 Å². The van der Waals surface area contributed by atoms with Crippen LogP contribution in [0, 0.1) is 21.8 Å². The van der Waals surface area contributed by atoms with Gasteiger partial charge in [-0.25, -0.2) is 4.39 Å². The van der Waals surface area contributed by atoms with Gasteiger partial charge in [0.05, 0.1) is 21.2 Å². The van der Waals surface area contributed by atoms with E-state index in [1.54, 1.807) is 66.7 Å². The Hall–Kier alpha value is -3.39. The van der Waals surface area contributed by atoms with Crippen molar-refractivity contribution in [3.63, 3.8) is 0 Å². The lowest BCUT2D eigenvalue weighted by atomic mass is 9.76. The summed E-state index contributed by atoms with van der Waals surface area (Å²) in [5, 5.41) is 14.9. The number of ketones is 1. The van der Waals surface area contributed by atoms with Gasteiger partial charge in [0, 0.05) is 44.6 Å². The predicted molar refractivity (Wildman–Crippen MR) is 157 cm³/mol. The first kappa shape index (κ1) is 26.8. The van der Waals surface area contributed by atoms with Gasteiger partial charge in [0.25, 0.3) is 5.69 Å². The van der Waals surface area contributed by atoms with Crippen molar-refractivity contribution in [2.24, 2.45) is 5.92 Å². The molecule has 9 heteroatoms. The molecule has 2 aliphatic rings. The van der Waals surface area contributed by atoms with Crippen molar-refractivity contribution >= 4 is 52.1 Å². The number of thioether (sulfide) groups is 1. The van der Waals surface area contributed by atoms with Crippen LogP contribution < -0.4 is 5.32 Å². The molecule has 1 aliphatic carbocycles. The van der Waals surface area contributed by atoms with Crippen LogP contribution in [0.3, 0.4) is 0 Å². The highest BCUT2D eigenvalue weighted by atomic mass is 35.5. The molecule has 4 aromatic rings. The van der Waals surface area contributed by atoms with Gasteiger partial charge >= 0.3 is 0 Å². The van der Waals surface area contributed by atoms with Crippen LogP contribution in [0.4, 0.5) is 15.8 Å². The molecule has 1 N–H and O–H groups in total. The Kier molecular flexibility index (Phi) is 7.29. The number of benzene rings is 4.